The monoisotopic (exact) mass is 342 g/mol. The molecule has 0 bridgehead atoms. The van der Waals surface area contributed by atoms with Crippen molar-refractivity contribution in [2.24, 2.45) is 0 Å². The summed E-state index contributed by atoms with van der Waals surface area (Å²) in [6, 6.07) is 2.90. The molecule has 1 fully saturated rings. The van der Waals surface area contributed by atoms with E-state index in [-0.39, 0.29) is 12.1 Å². The number of amides is 1. The Morgan fingerprint density at radius 3 is 2.79 bits per heavy atom. The summed E-state index contributed by atoms with van der Waals surface area (Å²) in [4.78, 5) is 13.5. The van der Waals surface area contributed by atoms with Crippen LogP contribution < -0.4 is 5.32 Å². The lowest BCUT2D eigenvalue weighted by Gasteiger charge is -2.25. The van der Waals surface area contributed by atoms with Crippen LogP contribution in [0.5, 0.6) is 0 Å². The van der Waals surface area contributed by atoms with Crippen LogP contribution in [0.3, 0.4) is 0 Å². The van der Waals surface area contributed by atoms with Crippen LogP contribution in [0.1, 0.15) is 38.8 Å². The Morgan fingerprint density at radius 1 is 1.42 bits per heavy atom. The van der Waals surface area contributed by atoms with Crippen molar-refractivity contribution in [3.8, 4) is 0 Å². The molecule has 1 aromatic rings. The molecule has 0 unspecified atom stereocenters. The standard InChI is InChI=1S/C17H24F2N2O3/c1-17(2,3)24-16(23)20-6-7-21-10-12(22)9-15(21)13-8-11(18)4-5-14(13)19/h4-5,8,12,15,22H,6-7,9-10H2,1-3H3,(H,20,23)/t12-,15-/m1/s1. The van der Waals surface area contributed by atoms with Crippen molar-refractivity contribution in [1.29, 1.82) is 0 Å². The third-order valence-corrected chi connectivity index (χ3v) is 3.77. The minimum absolute atomic E-state index is 0.226. The maximum absolute atomic E-state index is 14.0. The number of hydrogen-bond donors (Lipinski definition) is 2. The smallest absolute Gasteiger partial charge is 0.407 e. The molecule has 1 heterocycles. The molecule has 0 aliphatic carbocycles. The number of aliphatic hydroxyl groups excluding tert-OH is 1. The third kappa shape index (κ3) is 5.14. The number of hydrogen-bond acceptors (Lipinski definition) is 4. The van der Waals surface area contributed by atoms with E-state index in [1.807, 2.05) is 4.90 Å². The Hall–Kier alpha value is -1.73. The van der Waals surface area contributed by atoms with E-state index in [9.17, 15) is 18.7 Å². The highest BCUT2D eigenvalue weighted by Gasteiger charge is 2.33. The summed E-state index contributed by atoms with van der Waals surface area (Å²) < 4.78 is 32.6. The maximum atomic E-state index is 14.0. The molecular formula is C17H24F2N2O3. The summed E-state index contributed by atoms with van der Waals surface area (Å²) in [5.41, 5.74) is -0.356. The van der Waals surface area contributed by atoms with E-state index in [1.165, 1.54) is 0 Å². The molecule has 134 valence electrons. The van der Waals surface area contributed by atoms with Gasteiger partial charge in [0.1, 0.15) is 17.2 Å². The van der Waals surface area contributed by atoms with Gasteiger partial charge in [-0.15, -0.1) is 0 Å². The van der Waals surface area contributed by atoms with Crippen LogP contribution in [0.2, 0.25) is 0 Å². The molecule has 0 saturated carbocycles. The zero-order chi connectivity index (χ0) is 17.9. The first-order valence-electron chi connectivity index (χ1n) is 7.99. The molecule has 2 atom stereocenters. The molecule has 2 rings (SSSR count). The molecule has 0 spiro atoms. The molecule has 1 amide bonds. The average Bonchev–Trinajstić information content (AvgIpc) is 2.80. The molecule has 1 saturated heterocycles. The number of benzene rings is 1. The van der Waals surface area contributed by atoms with Gasteiger partial charge in [0.25, 0.3) is 0 Å². The first-order chi connectivity index (χ1) is 11.2. The number of nitrogens with one attached hydrogen (secondary N) is 1. The number of alkyl carbamates (subject to hydrolysis) is 1. The van der Waals surface area contributed by atoms with Crippen LogP contribution in [-0.2, 0) is 4.74 Å². The van der Waals surface area contributed by atoms with Gasteiger partial charge >= 0.3 is 6.09 Å². The average molecular weight is 342 g/mol. The molecule has 1 aliphatic heterocycles. The van der Waals surface area contributed by atoms with Crippen molar-refractivity contribution < 1.29 is 23.4 Å². The van der Waals surface area contributed by atoms with Gasteiger partial charge < -0.3 is 15.2 Å². The molecule has 2 N–H and O–H groups in total. The number of carbonyl (C=O) groups is 1. The summed E-state index contributed by atoms with van der Waals surface area (Å²) in [5.74, 6) is -1.01. The summed E-state index contributed by atoms with van der Waals surface area (Å²) in [6.45, 7) is 6.34. The Balaban J connectivity index is 1.96. The van der Waals surface area contributed by atoms with Crippen molar-refractivity contribution in [2.75, 3.05) is 19.6 Å². The highest BCUT2D eigenvalue weighted by atomic mass is 19.1. The largest absolute Gasteiger partial charge is 0.444 e. The van der Waals surface area contributed by atoms with Crippen LogP contribution in [0.4, 0.5) is 13.6 Å². The lowest BCUT2D eigenvalue weighted by molar-refractivity contribution is 0.0520. The van der Waals surface area contributed by atoms with Crippen molar-refractivity contribution in [3.05, 3.63) is 35.4 Å². The molecule has 0 aromatic heterocycles. The van der Waals surface area contributed by atoms with E-state index in [0.29, 0.717) is 19.5 Å². The van der Waals surface area contributed by atoms with E-state index in [2.05, 4.69) is 5.32 Å². The minimum atomic E-state index is -0.612. The van der Waals surface area contributed by atoms with E-state index in [1.54, 1.807) is 20.8 Å². The van der Waals surface area contributed by atoms with Gasteiger partial charge in [-0.05, 0) is 45.4 Å². The Labute approximate surface area is 140 Å². The number of rotatable bonds is 4. The number of β-amino-alcohol motifs (C(OH)–C–C–N with tert-alkyl or cyclic N) is 1. The molecule has 24 heavy (non-hydrogen) atoms. The SMILES string of the molecule is CC(C)(C)OC(=O)NCCN1C[C@H](O)C[C@@H]1c1cc(F)ccc1F. The van der Waals surface area contributed by atoms with Crippen LogP contribution >= 0.6 is 0 Å². The van der Waals surface area contributed by atoms with Gasteiger partial charge in [-0.1, -0.05) is 0 Å². The van der Waals surface area contributed by atoms with Gasteiger partial charge in [-0.2, -0.15) is 0 Å². The lowest BCUT2D eigenvalue weighted by atomic mass is 10.0. The number of carbonyl (C=O) groups excluding carboxylic acids is 1. The summed E-state index contributed by atoms with van der Waals surface area (Å²) in [7, 11) is 0. The van der Waals surface area contributed by atoms with Crippen molar-refractivity contribution in [3.63, 3.8) is 0 Å². The fourth-order valence-corrected chi connectivity index (χ4v) is 2.84. The number of nitrogens with zero attached hydrogens (tertiary/aromatic N) is 1. The topological polar surface area (TPSA) is 61.8 Å². The second kappa shape index (κ2) is 7.44. The fourth-order valence-electron chi connectivity index (χ4n) is 2.84. The van der Waals surface area contributed by atoms with E-state index in [0.717, 1.165) is 18.2 Å². The quantitative estimate of drug-likeness (QED) is 0.883. The molecule has 1 aromatic carbocycles. The van der Waals surface area contributed by atoms with Gasteiger partial charge in [0.15, 0.2) is 0 Å². The summed E-state index contributed by atoms with van der Waals surface area (Å²) in [6.07, 6.45) is -0.817. The van der Waals surface area contributed by atoms with Crippen LogP contribution in [0.15, 0.2) is 18.2 Å². The second-order valence-electron chi connectivity index (χ2n) is 6.99. The number of likely N-dealkylation sites (tertiary alicyclic amines) is 1. The lowest BCUT2D eigenvalue weighted by Crippen LogP contribution is -2.38. The first-order valence-corrected chi connectivity index (χ1v) is 7.99. The Morgan fingerprint density at radius 2 is 2.12 bits per heavy atom. The normalized spacial score (nSPS) is 21.8. The fraction of sp³-hybridized carbons (Fsp3) is 0.588. The zero-order valence-electron chi connectivity index (χ0n) is 14.2. The van der Waals surface area contributed by atoms with Crippen LogP contribution in [-0.4, -0.2) is 47.4 Å². The van der Waals surface area contributed by atoms with Crippen molar-refractivity contribution >= 4 is 6.09 Å². The zero-order valence-corrected chi connectivity index (χ0v) is 14.2. The third-order valence-electron chi connectivity index (χ3n) is 3.77. The number of halogens is 2. The van der Waals surface area contributed by atoms with Gasteiger partial charge in [-0.3, -0.25) is 4.90 Å². The Bertz CT molecular complexity index is 590. The van der Waals surface area contributed by atoms with E-state index < -0.39 is 35.5 Å². The summed E-state index contributed by atoms with van der Waals surface area (Å²) >= 11 is 0. The van der Waals surface area contributed by atoms with Crippen LogP contribution in [0.25, 0.3) is 0 Å². The first kappa shape index (κ1) is 18.6. The number of ether oxygens (including phenoxy) is 1. The minimum Gasteiger partial charge on any atom is -0.444 e. The molecule has 0 radical (unpaired) electrons. The van der Waals surface area contributed by atoms with Gasteiger partial charge in [0, 0.05) is 31.2 Å². The van der Waals surface area contributed by atoms with E-state index >= 15 is 0 Å². The molecule has 5 nitrogen and oxygen atoms in total. The predicted octanol–water partition coefficient (Wildman–Crippen LogP) is 2.60. The van der Waals surface area contributed by atoms with E-state index in [4.69, 9.17) is 4.74 Å². The predicted molar refractivity (Wildman–Crippen MR) is 85.5 cm³/mol. The molecular weight excluding hydrogens is 318 g/mol. The van der Waals surface area contributed by atoms with Gasteiger partial charge in [0.05, 0.1) is 6.10 Å². The Kier molecular flexibility index (Phi) is 5.77. The highest BCUT2D eigenvalue weighted by Crippen LogP contribution is 2.33. The molecule has 7 heteroatoms. The molecule has 1 aliphatic rings. The van der Waals surface area contributed by atoms with Gasteiger partial charge in [0.2, 0.25) is 0 Å². The maximum Gasteiger partial charge on any atom is 0.407 e. The summed E-state index contributed by atoms with van der Waals surface area (Å²) in [5, 5.41) is 12.5. The van der Waals surface area contributed by atoms with Crippen molar-refractivity contribution in [1.82, 2.24) is 10.2 Å². The van der Waals surface area contributed by atoms with Crippen molar-refractivity contribution in [2.45, 2.75) is 44.9 Å². The highest BCUT2D eigenvalue weighted by molar-refractivity contribution is 5.67. The van der Waals surface area contributed by atoms with Crippen LogP contribution in [0, 0.1) is 11.6 Å². The van der Waals surface area contributed by atoms with Gasteiger partial charge in [-0.25, -0.2) is 13.6 Å². The second-order valence-corrected chi connectivity index (χ2v) is 6.99. The number of aliphatic hydroxyl groups is 1.